The summed E-state index contributed by atoms with van der Waals surface area (Å²) >= 11 is 0. The van der Waals surface area contributed by atoms with Crippen molar-refractivity contribution in [2.75, 3.05) is 11.4 Å². The molecule has 0 bridgehead atoms. The molecular formula is C19H27N3O2. The molecule has 5 nitrogen and oxygen atoms in total. The van der Waals surface area contributed by atoms with Gasteiger partial charge >= 0.3 is 0 Å². The smallest absolute Gasteiger partial charge is 0.249 e. The molecule has 1 aliphatic heterocycles. The number of carbonyl (C=O) groups excluding carboxylic acids is 2. The molecule has 130 valence electrons. The summed E-state index contributed by atoms with van der Waals surface area (Å²) in [5.74, 6) is -0.283. The van der Waals surface area contributed by atoms with Crippen LogP contribution in [-0.2, 0) is 9.59 Å². The summed E-state index contributed by atoms with van der Waals surface area (Å²) in [6.45, 7) is 2.66. The van der Waals surface area contributed by atoms with Gasteiger partial charge in [0.15, 0.2) is 0 Å². The Bertz CT molecular complexity index is 600. The fourth-order valence-corrected chi connectivity index (χ4v) is 3.93. The predicted molar refractivity (Wildman–Crippen MR) is 94.5 cm³/mol. The second-order valence-electron chi connectivity index (χ2n) is 7.33. The van der Waals surface area contributed by atoms with E-state index in [2.05, 4.69) is 5.32 Å². The van der Waals surface area contributed by atoms with Crippen LogP contribution in [0.2, 0.25) is 0 Å². The van der Waals surface area contributed by atoms with E-state index in [-0.39, 0.29) is 17.7 Å². The van der Waals surface area contributed by atoms with E-state index in [1.165, 1.54) is 0 Å². The Morgan fingerprint density at radius 2 is 1.96 bits per heavy atom. The quantitative estimate of drug-likeness (QED) is 0.893. The van der Waals surface area contributed by atoms with Crippen LogP contribution in [0.3, 0.4) is 0 Å². The van der Waals surface area contributed by atoms with E-state index < -0.39 is 11.6 Å². The van der Waals surface area contributed by atoms with Crippen LogP contribution in [0, 0.1) is 5.92 Å². The molecule has 1 aliphatic carbocycles. The number of piperidine rings is 1. The molecule has 0 spiro atoms. The van der Waals surface area contributed by atoms with E-state index >= 15 is 0 Å². The molecule has 2 amide bonds. The largest absolute Gasteiger partial charge is 0.344 e. The van der Waals surface area contributed by atoms with Crippen molar-refractivity contribution in [2.45, 2.75) is 57.0 Å². The minimum absolute atomic E-state index is 0.0182. The van der Waals surface area contributed by atoms with Gasteiger partial charge in [0, 0.05) is 17.8 Å². The maximum absolute atomic E-state index is 12.8. The lowest BCUT2D eigenvalue weighted by molar-refractivity contribution is -0.133. The Balaban J connectivity index is 1.68. The SMILES string of the molecule is CC1(N)CCCCC1C(=O)NC1CCCN(c2ccccc2)C1=O. The third-order valence-corrected chi connectivity index (χ3v) is 5.39. The summed E-state index contributed by atoms with van der Waals surface area (Å²) in [6, 6.07) is 9.20. The van der Waals surface area contributed by atoms with E-state index in [1.54, 1.807) is 4.90 Å². The van der Waals surface area contributed by atoms with Crippen LogP contribution >= 0.6 is 0 Å². The number of carbonyl (C=O) groups is 2. The lowest BCUT2D eigenvalue weighted by Crippen LogP contribution is -2.58. The summed E-state index contributed by atoms with van der Waals surface area (Å²) in [4.78, 5) is 27.3. The van der Waals surface area contributed by atoms with Crippen molar-refractivity contribution in [1.29, 1.82) is 0 Å². The molecule has 5 heteroatoms. The van der Waals surface area contributed by atoms with Crippen molar-refractivity contribution in [1.82, 2.24) is 5.32 Å². The lowest BCUT2D eigenvalue weighted by Gasteiger charge is -2.39. The first-order valence-electron chi connectivity index (χ1n) is 8.95. The van der Waals surface area contributed by atoms with Gasteiger partial charge in [-0.1, -0.05) is 31.0 Å². The van der Waals surface area contributed by atoms with E-state index in [0.29, 0.717) is 13.0 Å². The molecule has 0 radical (unpaired) electrons. The zero-order chi connectivity index (χ0) is 17.2. The molecule has 3 unspecified atom stereocenters. The molecule has 3 rings (SSSR count). The third kappa shape index (κ3) is 3.46. The highest BCUT2D eigenvalue weighted by Crippen LogP contribution is 2.32. The summed E-state index contributed by atoms with van der Waals surface area (Å²) in [5.41, 5.74) is 6.74. The van der Waals surface area contributed by atoms with Crippen LogP contribution in [0.5, 0.6) is 0 Å². The van der Waals surface area contributed by atoms with Crippen molar-refractivity contribution in [3.8, 4) is 0 Å². The maximum atomic E-state index is 12.8. The van der Waals surface area contributed by atoms with Crippen LogP contribution in [-0.4, -0.2) is 29.9 Å². The fraction of sp³-hybridized carbons (Fsp3) is 0.579. The standard InChI is InChI=1S/C19H27N3O2/c1-19(20)12-6-5-10-15(19)17(23)21-16-11-7-13-22(18(16)24)14-8-3-2-4-9-14/h2-4,8-9,15-16H,5-7,10-13,20H2,1H3,(H,21,23). The van der Waals surface area contributed by atoms with Gasteiger partial charge in [0.2, 0.25) is 11.8 Å². The first kappa shape index (κ1) is 17.0. The van der Waals surface area contributed by atoms with Crippen molar-refractivity contribution in [3.05, 3.63) is 30.3 Å². The average Bonchev–Trinajstić information content (AvgIpc) is 2.57. The second kappa shape index (κ2) is 6.93. The molecule has 3 atom stereocenters. The Labute approximate surface area is 143 Å². The number of rotatable bonds is 3. The maximum Gasteiger partial charge on any atom is 0.249 e. The Hall–Kier alpha value is -1.88. The number of hydrogen-bond acceptors (Lipinski definition) is 3. The van der Waals surface area contributed by atoms with E-state index in [1.807, 2.05) is 37.3 Å². The summed E-state index contributed by atoms with van der Waals surface area (Å²) in [6.07, 6.45) is 5.35. The van der Waals surface area contributed by atoms with Crippen molar-refractivity contribution >= 4 is 17.5 Å². The van der Waals surface area contributed by atoms with Gasteiger partial charge in [0.1, 0.15) is 6.04 Å². The highest BCUT2D eigenvalue weighted by molar-refractivity contribution is 6.00. The van der Waals surface area contributed by atoms with Crippen LogP contribution in [0.15, 0.2) is 30.3 Å². The summed E-state index contributed by atoms with van der Waals surface area (Å²) < 4.78 is 0. The van der Waals surface area contributed by atoms with Gasteiger partial charge in [-0.25, -0.2) is 0 Å². The van der Waals surface area contributed by atoms with Gasteiger partial charge in [0.05, 0.1) is 5.92 Å². The molecule has 1 aromatic rings. The molecule has 1 saturated heterocycles. The second-order valence-corrected chi connectivity index (χ2v) is 7.33. The van der Waals surface area contributed by atoms with Gasteiger partial charge in [-0.15, -0.1) is 0 Å². The normalized spacial score (nSPS) is 30.9. The van der Waals surface area contributed by atoms with Crippen LogP contribution in [0.4, 0.5) is 5.69 Å². The van der Waals surface area contributed by atoms with Gasteiger partial charge in [-0.2, -0.15) is 0 Å². The number of nitrogens with zero attached hydrogens (tertiary/aromatic N) is 1. The first-order valence-corrected chi connectivity index (χ1v) is 8.95. The number of benzene rings is 1. The number of anilines is 1. The third-order valence-electron chi connectivity index (χ3n) is 5.39. The number of para-hydroxylation sites is 1. The number of hydrogen-bond donors (Lipinski definition) is 2. The Morgan fingerprint density at radius 1 is 1.21 bits per heavy atom. The summed E-state index contributed by atoms with van der Waals surface area (Å²) in [5, 5.41) is 2.98. The lowest BCUT2D eigenvalue weighted by atomic mass is 9.74. The molecule has 2 fully saturated rings. The number of amides is 2. The van der Waals surface area contributed by atoms with Gasteiger partial charge in [0.25, 0.3) is 0 Å². The minimum Gasteiger partial charge on any atom is -0.344 e. The molecule has 24 heavy (non-hydrogen) atoms. The highest BCUT2D eigenvalue weighted by Gasteiger charge is 2.40. The van der Waals surface area contributed by atoms with Crippen molar-refractivity contribution in [3.63, 3.8) is 0 Å². The minimum atomic E-state index is -0.473. The fourth-order valence-electron chi connectivity index (χ4n) is 3.93. The molecule has 1 heterocycles. The molecule has 3 N–H and O–H groups in total. The van der Waals surface area contributed by atoms with Crippen LogP contribution in [0.1, 0.15) is 45.4 Å². The molecule has 0 aromatic heterocycles. The van der Waals surface area contributed by atoms with Crippen LogP contribution < -0.4 is 16.0 Å². The Morgan fingerprint density at radius 3 is 2.67 bits per heavy atom. The topological polar surface area (TPSA) is 75.4 Å². The first-order chi connectivity index (χ1) is 11.5. The zero-order valence-electron chi connectivity index (χ0n) is 14.3. The summed E-state index contributed by atoms with van der Waals surface area (Å²) in [7, 11) is 0. The van der Waals surface area contributed by atoms with E-state index in [9.17, 15) is 9.59 Å². The highest BCUT2D eigenvalue weighted by atomic mass is 16.2. The Kier molecular flexibility index (Phi) is 4.90. The average molecular weight is 329 g/mol. The van der Waals surface area contributed by atoms with Gasteiger partial charge < -0.3 is 16.0 Å². The van der Waals surface area contributed by atoms with Gasteiger partial charge in [-0.05, 0) is 44.7 Å². The molecule has 1 aromatic carbocycles. The number of nitrogens with two attached hydrogens (primary N) is 1. The molecule has 1 saturated carbocycles. The molecule has 2 aliphatic rings. The van der Waals surface area contributed by atoms with Gasteiger partial charge in [-0.3, -0.25) is 9.59 Å². The monoisotopic (exact) mass is 329 g/mol. The van der Waals surface area contributed by atoms with Crippen molar-refractivity contribution in [2.24, 2.45) is 11.7 Å². The zero-order valence-corrected chi connectivity index (χ0v) is 14.3. The van der Waals surface area contributed by atoms with E-state index in [4.69, 9.17) is 5.73 Å². The van der Waals surface area contributed by atoms with Crippen LogP contribution in [0.25, 0.3) is 0 Å². The predicted octanol–water partition coefficient (Wildman–Crippen LogP) is 2.21. The molecular weight excluding hydrogens is 302 g/mol. The van der Waals surface area contributed by atoms with E-state index in [0.717, 1.165) is 37.8 Å². The van der Waals surface area contributed by atoms with Crippen molar-refractivity contribution < 1.29 is 9.59 Å². The number of nitrogens with one attached hydrogen (secondary N) is 1.